The highest BCUT2D eigenvalue weighted by Crippen LogP contribution is 2.29. The number of carbonyl (C=O) groups excluding carboxylic acids is 1. The molecule has 1 aromatic rings. The number of aryl methyl sites for hydroxylation is 2. The van der Waals surface area contributed by atoms with E-state index in [1.807, 2.05) is 13.0 Å². The third-order valence-corrected chi connectivity index (χ3v) is 4.85. The quantitative estimate of drug-likeness (QED) is 0.880. The number of aliphatic hydroxyl groups is 1. The van der Waals surface area contributed by atoms with Crippen molar-refractivity contribution in [2.45, 2.75) is 51.6 Å². The Bertz CT molecular complexity index is 414. The van der Waals surface area contributed by atoms with Crippen LogP contribution in [0.15, 0.2) is 6.07 Å². The van der Waals surface area contributed by atoms with E-state index >= 15 is 0 Å². The Morgan fingerprint density at radius 1 is 1.50 bits per heavy atom. The molecule has 4 heteroatoms. The molecule has 3 nitrogen and oxygen atoms in total. The lowest BCUT2D eigenvalue weighted by molar-refractivity contribution is 0.0519. The summed E-state index contributed by atoms with van der Waals surface area (Å²) in [5.74, 6) is -0.0527. The highest BCUT2D eigenvalue weighted by Gasteiger charge is 2.21. The predicted molar refractivity (Wildman–Crippen MR) is 74.2 cm³/mol. The molecule has 100 valence electrons. The third kappa shape index (κ3) is 3.12. The van der Waals surface area contributed by atoms with E-state index in [-0.39, 0.29) is 5.91 Å². The molecule has 1 atom stereocenters. The van der Waals surface area contributed by atoms with Gasteiger partial charge in [0.05, 0.1) is 10.5 Å². The summed E-state index contributed by atoms with van der Waals surface area (Å²) in [6.45, 7) is 3.97. The van der Waals surface area contributed by atoms with Gasteiger partial charge < -0.3 is 10.4 Å². The smallest absolute Gasteiger partial charge is 0.261 e. The molecule has 1 amide bonds. The van der Waals surface area contributed by atoms with E-state index in [2.05, 4.69) is 5.32 Å². The Morgan fingerprint density at radius 2 is 2.22 bits per heavy atom. The summed E-state index contributed by atoms with van der Waals surface area (Å²) in [4.78, 5) is 14.2. The summed E-state index contributed by atoms with van der Waals surface area (Å²) in [5, 5.41) is 12.7. The maximum absolute atomic E-state index is 12.0. The number of nitrogens with one attached hydrogen (secondary N) is 1. The number of fused-ring (bicyclic) bond motifs is 1. The Kier molecular flexibility index (Phi) is 4.07. The van der Waals surface area contributed by atoms with Gasteiger partial charge in [0.15, 0.2) is 0 Å². The van der Waals surface area contributed by atoms with Crippen molar-refractivity contribution < 1.29 is 9.90 Å². The first-order valence-corrected chi connectivity index (χ1v) is 7.45. The van der Waals surface area contributed by atoms with E-state index in [1.54, 1.807) is 18.3 Å². The average molecular weight is 267 g/mol. The molecule has 1 unspecified atom stereocenters. The van der Waals surface area contributed by atoms with Gasteiger partial charge in [-0.05, 0) is 50.7 Å². The topological polar surface area (TPSA) is 49.3 Å². The van der Waals surface area contributed by atoms with Crippen molar-refractivity contribution in [1.29, 1.82) is 0 Å². The van der Waals surface area contributed by atoms with Crippen LogP contribution in [0.4, 0.5) is 0 Å². The maximum atomic E-state index is 12.0. The third-order valence-electron chi connectivity index (χ3n) is 3.61. The second-order valence-electron chi connectivity index (χ2n) is 5.30. The van der Waals surface area contributed by atoms with Gasteiger partial charge in [-0.15, -0.1) is 11.3 Å². The van der Waals surface area contributed by atoms with Gasteiger partial charge in [-0.3, -0.25) is 4.79 Å². The molecule has 0 aromatic carbocycles. The Balaban J connectivity index is 1.99. The molecule has 2 rings (SSSR count). The molecule has 0 spiro atoms. The molecule has 1 aliphatic carbocycles. The molecule has 1 heterocycles. The minimum atomic E-state index is -0.813. The highest BCUT2D eigenvalue weighted by atomic mass is 32.1. The zero-order valence-electron chi connectivity index (χ0n) is 11.1. The number of carbonyl (C=O) groups is 1. The summed E-state index contributed by atoms with van der Waals surface area (Å²) in [5.41, 5.74) is 0.533. The van der Waals surface area contributed by atoms with E-state index in [1.165, 1.54) is 23.3 Å². The van der Waals surface area contributed by atoms with Gasteiger partial charge in [-0.25, -0.2) is 0 Å². The minimum absolute atomic E-state index is 0.0527. The van der Waals surface area contributed by atoms with Crippen molar-refractivity contribution in [1.82, 2.24) is 5.32 Å². The SMILES string of the molecule is CCC(C)(O)CNC(=O)c1cc2c(s1)CCCC2. The van der Waals surface area contributed by atoms with Crippen LogP contribution >= 0.6 is 11.3 Å². The molecule has 0 aliphatic heterocycles. The number of thiophene rings is 1. The standard InChI is InChI=1S/C14H21NO2S/c1-3-14(2,17)9-15-13(16)12-8-10-6-4-5-7-11(10)18-12/h8,17H,3-7,9H2,1-2H3,(H,15,16). The van der Waals surface area contributed by atoms with Gasteiger partial charge in [0.2, 0.25) is 0 Å². The summed E-state index contributed by atoms with van der Waals surface area (Å²) in [7, 11) is 0. The minimum Gasteiger partial charge on any atom is -0.388 e. The molecular formula is C14H21NO2S. The first-order chi connectivity index (χ1) is 8.52. The molecule has 0 fully saturated rings. The Labute approximate surface area is 112 Å². The molecule has 0 saturated heterocycles. The van der Waals surface area contributed by atoms with Crippen LogP contribution in [0.3, 0.4) is 0 Å². The lowest BCUT2D eigenvalue weighted by Gasteiger charge is -2.21. The lowest BCUT2D eigenvalue weighted by atomic mass is 9.99. The van der Waals surface area contributed by atoms with E-state index in [9.17, 15) is 9.90 Å². The van der Waals surface area contributed by atoms with Crippen LogP contribution in [0.1, 0.15) is 53.2 Å². The van der Waals surface area contributed by atoms with Crippen molar-refractivity contribution in [3.63, 3.8) is 0 Å². The normalized spacial score (nSPS) is 17.9. The summed E-state index contributed by atoms with van der Waals surface area (Å²) in [6.07, 6.45) is 5.31. The molecule has 0 radical (unpaired) electrons. The highest BCUT2D eigenvalue weighted by molar-refractivity contribution is 7.14. The largest absolute Gasteiger partial charge is 0.388 e. The summed E-state index contributed by atoms with van der Waals surface area (Å²) in [6, 6.07) is 2.02. The second kappa shape index (κ2) is 5.41. The van der Waals surface area contributed by atoms with Gasteiger partial charge in [-0.2, -0.15) is 0 Å². The Morgan fingerprint density at radius 3 is 2.89 bits per heavy atom. The van der Waals surface area contributed by atoms with E-state index < -0.39 is 5.60 Å². The molecule has 0 saturated carbocycles. The van der Waals surface area contributed by atoms with Crippen molar-refractivity contribution in [2.75, 3.05) is 6.54 Å². The van der Waals surface area contributed by atoms with Crippen LogP contribution < -0.4 is 5.32 Å². The molecule has 1 aromatic heterocycles. The van der Waals surface area contributed by atoms with Gasteiger partial charge in [0.1, 0.15) is 0 Å². The Hall–Kier alpha value is -0.870. The first kappa shape index (κ1) is 13.6. The van der Waals surface area contributed by atoms with Crippen LogP contribution in [0.2, 0.25) is 0 Å². The van der Waals surface area contributed by atoms with Crippen LogP contribution in [-0.4, -0.2) is 23.2 Å². The molecule has 0 bridgehead atoms. The van der Waals surface area contributed by atoms with Crippen molar-refractivity contribution in [3.8, 4) is 0 Å². The fourth-order valence-corrected chi connectivity index (χ4v) is 3.26. The number of hydrogen-bond acceptors (Lipinski definition) is 3. The van der Waals surface area contributed by atoms with E-state index in [0.29, 0.717) is 13.0 Å². The average Bonchev–Trinajstić information content (AvgIpc) is 2.80. The maximum Gasteiger partial charge on any atom is 0.261 e. The van der Waals surface area contributed by atoms with Gasteiger partial charge in [0, 0.05) is 11.4 Å². The van der Waals surface area contributed by atoms with Gasteiger partial charge >= 0.3 is 0 Å². The van der Waals surface area contributed by atoms with Crippen LogP contribution in [0.5, 0.6) is 0 Å². The summed E-state index contributed by atoms with van der Waals surface area (Å²) >= 11 is 1.61. The van der Waals surface area contributed by atoms with E-state index in [0.717, 1.165) is 17.7 Å². The zero-order valence-corrected chi connectivity index (χ0v) is 11.9. The van der Waals surface area contributed by atoms with Crippen molar-refractivity contribution in [2.24, 2.45) is 0 Å². The predicted octanol–water partition coefficient (Wildman–Crippen LogP) is 2.52. The van der Waals surface area contributed by atoms with Gasteiger partial charge in [-0.1, -0.05) is 6.92 Å². The molecule has 1 aliphatic rings. The fraction of sp³-hybridized carbons (Fsp3) is 0.643. The molecular weight excluding hydrogens is 246 g/mol. The number of rotatable bonds is 4. The molecule has 18 heavy (non-hydrogen) atoms. The zero-order chi connectivity index (χ0) is 13.2. The lowest BCUT2D eigenvalue weighted by Crippen LogP contribution is -2.39. The fourth-order valence-electron chi connectivity index (χ4n) is 2.09. The number of amides is 1. The van der Waals surface area contributed by atoms with E-state index in [4.69, 9.17) is 0 Å². The van der Waals surface area contributed by atoms with Crippen molar-refractivity contribution in [3.05, 3.63) is 21.4 Å². The number of hydrogen-bond donors (Lipinski definition) is 2. The first-order valence-electron chi connectivity index (χ1n) is 6.64. The van der Waals surface area contributed by atoms with Crippen LogP contribution in [-0.2, 0) is 12.8 Å². The van der Waals surface area contributed by atoms with Crippen molar-refractivity contribution >= 4 is 17.2 Å². The second-order valence-corrected chi connectivity index (χ2v) is 6.44. The van der Waals surface area contributed by atoms with Gasteiger partial charge in [0.25, 0.3) is 5.91 Å². The van der Waals surface area contributed by atoms with Crippen LogP contribution in [0.25, 0.3) is 0 Å². The monoisotopic (exact) mass is 267 g/mol. The summed E-state index contributed by atoms with van der Waals surface area (Å²) < 4.78 is 0. The molecule has 2 N–H and O–H groups in total. The van der Waals surface area contributed by atoms with Crippen LogP contribution in [0, 0.1) is 0 Å².